The van der Waals surface area contributed by atoms with Gasteiger partial charge in [-0.3, -0.25) is 9.78 Å². The fourth-order valence-corrected chi connectivity index (χ4v) is 2.97. The predicted octanol–water partition coefficient (Wildman–Crippen LogP) is 2.26. The molecule has 3 rings (SSSR count). The molecule has 6 heteroatoms. The number of carbonyl (C=O) groups is 1. The molecule has 122 valence electrons. The Labute approximate surface area is 134 Å². The third-order valence-corrected chi connectivity index (χ3v) is 4.28. The van der Waals surface area contributed by atoms with Gasteiger partial charge in [0.1, 0.15) is 11.3 Å². The van der Waals surface area contributed by atoms with Crippen LogP contribution in [0.2, 0.25) is 0 Å². The van der Waals surface area contributed by atoms with Crippen molar-refractivity contribution in [2.45, 2.75) is 44.8 Å². The summed E-state index contributed by atoms with van der Waals surface area (Å²) in [5.41, 5.74) is 1.29. The van der Waals surface area contributed by atoms with E-state index in [0.717, 1.165) is 12.1 Å². The zero-order valence-corrected chi connectivity index (χ0v) is 13.1. The van der Waals surface area contributed by atoms with E-state index in [-0.39, 0.29) is 24.0 Å². The maximum atomic E-state index is 12.6. The molecule has 0 radical (unpaired) electrons. The smallest absolute Gasteiger partial charge is 0.257 e. The van der Waals surface area contributed by atoms with E-state index in [9.17, 15) is 9.90 Å². The zero-order valence-electron chi connectivity index (χ0n) is 13.1. The van der Waals surface area contributed by atoms with Crippen LogP contribution in [-0.2, 0) is 6.42 Å². The third kappa shape index (κ3) is 3.42. The van der Waals surface area contributed by atoms with Crippen LogP contribution in [0.15, 0.2) is 35.1 Å². The SMILES string of the molecule is CCCc1oncc1C(=O)N[C@H](c1ccccn1)C1CC(O)C1. The number of pyridine rings is 1. The number of hydrogen-bond donors (Lipinski definition) is 2. The van der Waals surface area contributed by atoms with E-state index >= 15 is 0 Å². The van der Waals surface area contributed by atoms with Crippen molar-refractivity contribution in [3.8, 4) is 0 Å². The zero-order chi connectivity index (χ0) is 16.2. The fraction of sp³-hybridized carbons (Fsp3) is 0.471. The maximum absolute atomic E-state index is 12.6. The summed E-state index contributed by atoms with van der Waals surface area (Å²) in [6.45, 7) is 2.02. The number of hydrogen-bond acceptors (Lipinski definition) is 5. The van der Waals surface area contributed by atoms with Crippen molar-refractivity contribution in [3.63, 3.8) is 0 Å². The van der Waals surface area contributed by atoms with Gasteiger partial charge in [-0.15, -0.1) is 0 Å². The lowest BCUT2D eigenvalue weighted by Gasteiger charge is -2.37. The van der Waals surface area contributed by atoms with E-state index < -0.39 is 0 Å². The minimum atomic E-state index is -0.283. The summed E-state index contributed by atoms with van der Waals surface area (Å²) in [7, 11) is 0. The van der Waals surface area contributed by atoms with Gasteiger partial charge in [0, 0.05) is 12.6 Å². The molecule has 1 saturated carbocycles. The van der Waals surface area contributed by atoms with Gasteiger partial charge in [-0.1, -0.05) is 18.1 Å². The number of nitrogens with one attached hydrogen (secondary N) is 1. The number of carbonyl (C=O) groups excluding carboxylic acids is 1. The number of rotatable bonds is 6. The summed E-state index contributed by atoms with van der Waals surface area (Å²) in [6, 6.07) is 5.43. The Kier molecular flexibility index (Phi) is 4.71. The van der Waals surface area contributed by atoms with Crippen molar-refractivity contribution in [1.29, 1.82) is 0 Å². The van der Waals surface area contributed by atoms with E-state index in [4.69, 9.17) is 4.52 Å². The lowest BCUT2D eigenvalue weighted by atomic mass is 9.76. The van der Waals surface area contributed by atoms with Crippen molar-refractivity contribution in [1.82, 2.24) is 15.5 Å². The van der Waals surface area contributed by atoms with E-state index in [2.05, 4.69) is 15.5 Å². The summed E-state index contributed by atoms with van der Waals surface area (Å²) in [5.74, 6) is 0.600. The first-order valence-corrected chi connectivity index (χ1v) is 8.02. The molecule has 23 heavy (non-hydrogen) atoms. The molecular formula is C17H21N3O3. The summed E-state index contributed by atoms with van der Waals surface area (Å²) >= 11 is 0. The molecule has 0 unspecified atom stereocenters. The van der Waals surface area contributed by atoms with Crippen LogP contribution in [0, 0.1) is 5.92 Å². The van der Waals surface area contributed by atoms with E-state index in [1.165, 1.54) is 6.20 Å². The van der Waals surface area contributed by atoms with Crippen LogP contribution in [0.3, 0.4) is 0 Å². The highest BCUT2D eigenvalue weighted by molar-refractivity contribution is 5.95. The van der Waals surface area contributed by atoms with Crippen molar-refractivity contribution in [2.24, 2.45) is 5.92 Å². The quantitative estimate of drug-likeness (QED) is 0.853. The van der Waals surface area contributed by atoms with Gasteiger partial charge in [0.15, 0.2) is 0 Å². The van der Waals surface area contributed by atoms with E-state index in [1.807, 2.05) is 25.1 Å². The number of aromatic nitrogens is 2. The van der Waals surface area contributed by atoms with Crippen molar-refractivity contribution < 1.29 is 14.4 Å². The number of nitrogens with zero attached hydrogens (tertiary/aromatic N) is 2. The first kappa shape index (κ1) is 15.7. The molecule has 0 spiro atoms. The van der Waals surface area contributed by atoms with Gasteiger partial charge in [0.05, 0.1) is 24.0 Å². The molecule has 0 bridgehead atoms. The normalized spacial score (nSPS) is 21.5. The molecule has 0 aromatic carbocycles. The molecule has 0 saturated heterocycles. The largest absolute Gasteiger partial charge is 0.393 e. The predicted molar refractivity (Wildman–Crippen MR) is 83.7 cm³/mol. The molecule has 2 heterocycles. The lowest BCUT2D eigenvalue weighted by molar-refractivity contribution is 0.0228. The van der Waals surface area contributed by atoms with Gasteiger partial charge in [-0.05, 0) is 37.3 Å². The molecule has 6 nitrogen and oxygen atoms in total. The summed E-state index contributed by atoms with van der Waals surface area (Å²) in [4.78, 5) is 17.0. The van der Waals surface area contributed by atoms with Gasteiger partial charge in [0.25, 0.3) is 5.91 Å². The van der Waals surface area contributed by atoms with Crippen molar-refractivity contribution in [3.05, 3.63) is 47.6 Å². The molecule has 1 aliphatic carbocycles. The molecular weight excluding hydrogens is 294 g/mol. The lowest BCUT2D eigenvalue weighted by Crippen LogP contribution is -2.41. The number of amides is 1. The molecule has 1 amide bonds. The van der Waals surface area contributed by atoms with Crippen LogP contribution in [0.4, 0.5) is 0 Å². The van der Waals surface area contributed by atoms with Gasteiger partial charge >= 0.3 is 0 Å². The summed E-state index contributed by atoms with van der Waals surface area (Å²) in [5, 5.41) is 16.4. The Hall–Kier alpha value is -2.21. The second kappa shape index (κ2) is 6.91. The molecule has 1 fully saturated rings. The van der Waals surface area contributed by atoms with Crippen molar-refractivity contribution in [2.75, 3.05) is 0 Å². The van der Waals surface area contributed by atoms with Gasteiger partial charge in [0.2, 0.25) is 0 Å². The van der Waals surface area contributed by atoms with Crippen LogP contribution >= 0.6 is 0 Å². The van der Waals surface area contributed by atoms with Crippen LogP contribution in [0.25, 0.3) is 0 Å². The average Bonchev–Trinajstić information content (AvgIpc) is 2.99. The summed E-state index contributed by atoms with van der Waals surface area (Å²) < 4.78 is 5.16. The Balaban J connectivity index is 1.78. The maximum Gasteiger partial charge on any atom is 0.257 e. The topological polar surface area (TPSA) is 88.3 Å². The number of aryl methyl sites for hydroxylation is 1. The van der Waals surface area contributed by atoms with Crippen LogP contribution in [0.5, 0.6) is 0 Å². The third-order valence-electron chi connectivity index (χ3n) is 4.28. The first-order valence-electron chi connectivity index (χ1n) is 8.02. The van der Waals surface area contributed by atoms with Gasteiger partial charge in [-0.2, -0.15) is 0 Å². The number of aliphatic hydroxyl groups excluding tert-OH is 1. The molecule has 1 atom stereocenters. The Morgan fingerprint density at radius 2 is 2.30 bits per heavy atom. The summed E-state index contributed by atoms with van der Waals surface area (Å²) in [6.07, 6.45) is 5.80. The molecule has 2 aromatic rings. The molecule has 1 aliphatic rings. The van der Waals surface area contributed by atoms with Crippen LogP contribution in [-0.4, -0.2) is 27.3 Å². The Bertz CT molecular complexity index is 650. The fourth-order valence-electron chi connectivity index (χ4n) is 2.97. The molecule has 2 aromatic heterocycles. The van der Waals surface area contributed by atoms with Crippen molar-refractivity contribution >= 4 is 5.91 Å². The van der Waals surface area contributed by atoms with E-state index in [0.29, 0.717) is 30.6 Å². The van der Waals surface area contributed by atoms with Crippen LogP contribution in [0.1, 0.15) is 54.0 Å². The molecule has 0 aliphatic heterocycles. The van der Waals surface area contributed by atoms with Gasteiger partial charge < -0.3 is 14.9 Å². The monoisotopic (exact) mass is 315 g/mol. The Morgan fingerprint density at radius 1 is 1.48 bits per heavy atom. The average molecular weight is 315 g/mol. The first-order chi connectivity index (χ1) is 11.2. The van der Waals surface area contributed by atoms with Crippen LogP contribution < -0.4 is 5.32 Å². The highest BCUT2D eigenvalue weighted by Gasteiger charge is 2.36. The standard InChI is InChI=1S/C17H21N3O3/c1-2-5-15-13(10-19-23-15)17(22)20-16(11-8-12(21)9-11)14-6-3-4-7-18-14/h3-4,6-7,10-12,16,21H,2,5,8-9H2,1H3,(H,20,22)/t11?,12?,16-/m0/s1. The number of aliphatic hydroxyl groups is 1. The minimum absolute atomic E-state index is 0.193. The minimum Gasteiger partial charge on any atom is -0.393 e. The highest BCUT2D eigenvalue weighted by Crippen LogP contribution is 2.37. The second-order valence-electron chi connectivity index (χ2n) is 6.00. The van der Waals surface area contributed by atoms with E-state index in [1.54, 1.807) is 6.20 Å². The Morgan fingerprint density at radius 3 is 2.96 bits per heavy atom. The van der Waals surface area contributed by atoms with Gasteiger partial charge in [-0.25, -0.2) is 0 Å². The second-order valence-corrected chi connectivity index (χ2v) is 6.00. The molecule has 2 N–H and O–H groups in total. The highest BCUT2D eigenvalue weighted by atomic mass is 16.5.